The molecule has 2 atom stereocenters. The van der Waals surface area contributed by atoms with Crippen molar-refractivity contribution in [3.63, 3.8) is 0 Å². The zero-order valence-electron chi connectivity index (χ0n) is 15.5. The molecular formula is C19H34N4O. The number of hydrogen-bond acceptors (Lipinski definition) is 4. The van der Waals surface area contributed by atoms with E-state index in [1.165, 1.54) is 37.7 Å². The van der Waals surface area contributed by atoms with E-state index in [1.54, 1.807) is 0 Å². The number of nitrogens with zero attached hydrogens (tertiary/aromatic N) is 3. The summed E-state index contributed by atoms with van der Waals surface area (Å²) >= 11 is 0. The third kappa shape index (κ3) is 4.38. The molecule has 5 nitrogen and oxygen atoms in total. The van der Waals surface area contributed by atoms with Gasteiger partial charge in [0.15, 0.2) is 0 Å². The van der Waals surface area contributed by atoms with E-state index in [-0.39, 0.29) is 11.6 Å². The van der Waals surface area contributed by atoms with Crippen LogP contribution in [0.15, 0.2) is 12.4 Å². The van der Waals surface area contributed by atoms with E-state index in [1.807, 2.05) is 10.9 Å². The zero-order chi connectivity index (χ0) is 17.2. The lowest BCUT2D eigenvalue weighted by Gasteiger charge is -2.41. The summed E-state index contributed by atoms with van der Waals surface area (Å²) in [6.07, 6.45) is 11.0. The summed E-state index contributed by atoms with van der Waals surface area (Å²) in [7, 11) is 0. The first kappa shape index (κ1) is 17.9. The van der Waals surface area contributed by atoms with Crippen molar-refractivity contribution in [2.75, 3.05) is 13.1 Å². The molecule has 1 saturated heterocycles. The molecule has 0 amide bonds. The van der Waals surface area contributed by atoms with Crippen LogP contribution in [0.1, 0.15) is 64.9 Å². The Bertz CT molecular complexity index is 514. The number of aliphatic hydroxyl groups excluding tert-OH is 1. The summed E-state index contributed by atoms with van der Waals surface area (Å²) in [6.45, 7) is 9.64. The van der Waals surface area contributed by atoms with Gasteiger partial charge in [0.25, 0.3) is 0 Å². The van der Waals surface area contributed by atoms with Crippen molar-refractivity contribution in [3.8, 4) is 0 Å². The lowest BCUT2D eigenvalue weighted by atomic mass is 9.89. The molecule has 3 rings (SSSR count). The fourth-order valence-electron chi connectivity index (χ4n) is 4.03. The minimum atomic E-state index is -0.105. The van der Waals surface area contributed by atoms with E-state index < -0.39 is 0 Å². The quantitative estimate of drug-likeness (QED) is 0.888. The molecular weight excluding hydrogens is 300 g/mol. The zero-order valence-corrected chi connectivity index (χ0v) is 15.5. The van der Waals surface area contributed by atoms with Crippen LogP contribution in [0.25, 0.3) is 0 Å². The van der Waals surface area contributed by atoms with Gasteiger partial charge in [0.05, 0.1) is 17.8 Å². The number of nitrogens with one attached hydrogen (secondary N) is 1. The molecule has 136 valence electrons. The number of rotatable bonds is 4. The summed E-state index contributed by atoms with van der Waals surface area (Å²) in [5.74, 6) is 0. The molecule has 5 heteroatoms. The van der Waals surface area contributed by atoms with Crippen molar-refractivity contribution in [2.45, 2.75) is 89.6 Å². The number of aliphatic hydroxyl groups is 1. The van der Waals surface area contributed by atoms with Crippen LogP contribution in [0.5, 0.6) is 0 Å². The summed E-state index contributed by atoms with van der Waals surface area (Å²) in [4.78, 5) is 2.53. The predicted molar refractivity (Wildman–Crippen MR) is 96.9 cm³/mol. The van der Waals surface area contributed by atoms with Crippen LogP contribution in [-0.4, -0.2) is 51.1 Å². The molecule has 2 N–H and O–H groups in total. The van der Waals surface area contributed by atoms with Crippen LogP contribution in [0, 0.1) is 0 Å². The molecule has 0 aromatic carbocycles. The van der Waals surface area contributed by atoms with Crippen LogP contribution in [0.4, 0.5) is 0 Å². The van der Waals surface area contributed by atoms with E-state index in [0.717, 1.165) is 26.1 Å². The molecule has 2 fully saturated rings. The minimum absolute atomic E-state index is 0.0461. The second-order valence-electron chi connectivity index (χ2n) is 8.57. The maximum atomic E-state index is 10.2. The maximum Gasteiger partial charge on any atom is 0.0695 e. The van der Waals surface area contributed by atoms with Gasteiger partial charge in [-0.1, -0.05) is 12.8 Å². The van der Waals surface area contributed by atoms with Gasteiger partial charge >= 0.3 is 0 Å². The first-order valence-electron chi connectivity index (χ1n) is 9.63. The molecule has 2 unspecified atom stereocenters. The second kappa shape index (κ2) is 7.54. The molecule has 1 aliphatic carbocycles. The van der Waals surface area contributed by atoms with Crippen LogP contribution >= 0.6 is 0 Å². The van der Waals surface area contributed by atoms with Gasteiger partial charge in [-0.05, 0) is 46.5 Å². The van der Waals surface area contributed by atoms with Crippen LogP contribution < -0.4 is 5.32 Å². The lowest BCUT2D eigenvalue weighted by molar-refractivity contribution is 0.00714. The Labute approximate surface area is 146 Å². The Balaban J connectivity index is 1.43. The van der Waals surface area contributed by atoms with Gasteiger partial charge in [0.2, 0.25) is 0 Å². The van der Waals surface area contributed by atoms with E-state index in [4.69, 9.17) is 0 Å². The smallest absolute Gasteiger partial charge is 0.0695 e. The molecule has 1 aromatic rings. The highest BCUT2D eigenvalue weighted by Crippen LogP contribution is 2.26. The molecule has 0 bridgehead atoms. The van der Waals surface area contributed by atoms with Crippen molar-refractivity contribution in [1.82, 2.24) is 20.0 Å². The Kier molecular flexibility index (Phi) is 5.63. The lowest BCUT2D eigenvalue weighted by Crippen LogP contribution is -2.51. The van der Waals surface area contributed by atoms with Gasteiger partial charge in [-0.2, -0.15) is 5.10 Å². The Hall–Kier alpha value is -0.910. The first-order chi connectivity index (χ1) is 11.4. The van der Waals surface area contributed by atoms with Crippen LogP contribution in [0.3, 0.4) is 0 Å². The molecule has 1 aromatic heterocycles. The van der Waals surface area contributed by atoms with E-state index in [2.05, 4.69) is 42.3 Å². The normalized spacial score (nSPS) is 27.5. The van der Waals surface area contributed by atoms with Gasteiger partial charge in [-0.3, -0.25) is 9.58 Å². The predicted octanol–water partition coefficient (Wildman–Crippen LogP) is 2.50. The summed E-state index contributed by atoms with van der Waals surface area (Å²) in [6, 6.07) is 0.990. The van der Waals surface area contributed by atoms with E-state index >= 15 is 0 Å². The topological polar surface area (TPSA) is 53.3 Å². The number of hydrogen-bond donors (Lipinski definition) is 2. The first-order valence-corrected chi connectivity index (χ1v) is 9.63. The van der Waals surface area contributed by atoms with Gasteiger partial charge in [0, 0.05) is 43.5 Å². The highest BCUT2D eigenvalue weighted by Gasteiger charge is 2.31. The third-order valence-electron chi connectivity index (χ3n) is 5.61. The monoisotopic (exact) mass is 334 g/mol. The third-order valence-corrected chi connectivity index (χ3v) is 5.61. The minimum Gasteiger partial charge on any atom is -0.391 e. The SMILES string of the molecule is CC(C)(C)n1cc(CNC2CCN(C3CCCCC3O)CC2)cn1. The average Bonchev–Trinajstić information content (AvgIpc) is 3.03. The van der Waals surface area contributed by atoms with Crippen molar-refractivity contribution < 1.29 is 5.11 Å². The molecule has 1 saturated carbocycles. The summed E-state index contributed by atoms with van der Waals surface area (Å²) in [5, 5.41) is 18.4. The van der Waals surface area contributed by atoms with Crippen molar-refractivity contribution in [1.29, 1.82) is 0 Å². The molecule has 24 heavy (non-hydrogen) atoms. The fraction of sp³-hybridized carbons (Fsp3) is 0.842. The maximum absolute atomic E-state index is 10.2. The molecule has 2 aliphatic rings. The van der Waals surface area contributed by atoms with E-state index in [9.17, 15) is 5.11 Å². The second-order valence-corrected chi connectivity index (χ2v) is 8.57. The Morgan fingerprint density at radius 3 is 2.50 bits per heavy atom. The Morgan fingerprint density at radius 2 is 1.88 bits per heavy atom. The standard InChI is InChI=1S/C19H34N4O/c1-19(2,3)23-14-15(13-21-23)12-20-16-8-10-22(11-9-16)17-6-4-5-7-18(17)24/h13-14,16-18,20,24H,4-12H2,1-3H3. The van der Waals surface area contributed by atoms with Crippen molar-refractivity contribution in [2.24, 2.45) is 0 Å². The van der Waals surface area contributed by atoms with Gasteiger partial charge in [-0.25, -0.2) is 0 Å². The number of likely N-dealkylation sites (tertiary alicyclic amines) is 1. The highest BCUT2D eigenvalue weighted by atomic mass is 16.3. The Morgan fingerprint density at radius 1 is 1.17 bits per heavy atom. The molecule has 2 heterocycles. The van der Waals surface area contributed by atoms with Crippen LogP contribution in [0.2, 0.25) is 0 Å². The van der Waals surface area contributed by atoms with Gasteiger partial charge in [-0.15, -0.1) is 0 Å². The number of piperidine rings is 1. The molecule has 0 spiro atoms. The van der Waals surface area contributed by atoms with Crippen molar-refractivity contribution >= 4 is 0 Å². The average molecular weight is 335 g/mol. The summed E-state index contributed by atoms with van der Waals surface area (Å²) < 4.78 is 2.04. The summed E-state index contributed by atoms with van der Waals surface area (Å²) in [5.41, 5.74) is 1.31. The van der Waals surface area contributed by atoms with Crippen molar-refractivity contribution in [3.05, 3.63) is 18.0 Å². The molecule has 1 aliphatic heterocycles. The largest absolute Gasteiger partial charge is 0.391 e. The molecule has 0 radical (unpaired) electrons. The highest BCUT2D eigenvalue weighted by molar-refractivity contribution is 5.05. The number of aromatic nitrogens is 2. The van der Waals surface area contributed by atoms with E-state index in [0.29, 0.717) is 12.1 Å². The van der Waals surface area contributed by atoms with Gasteiger partial charge in [0.1, 0.15) is 0 Å². The van der Waals surface area contributed by atoms with Gasteiger partial charge < -0.3 is 10.4 Å². The fourth-order valence-corrected chi connectivity index (χ4v) is 4.03. The van der Waals surface area contributed by atoms with Crippen LogP contribution in [-0.2, 0) is 12.1 Å².